The van der Waals surface area contributed by atoms with Gasteiger partial charge in [-0.3, -0.25) is 9.59 Å². The lowest BCUT2D eigenvalue weighted by Gasteiger charge is -2.33. The summed E-state index contributed by atoms with van der Waals surface area (Å²) in [6, 6.07) is 12.1. The molecule has 0 saturated carbocycles. The Morgan fingerprint density at radius 2 is 1.94 bits per heavy atom. The van der Waals surface area contributed by atoms with E-state index in [0.29, 0.717) is 22.6 Å². The van der Waals surface area contributed by atoms with Crippen molar-refractivity contribution in [3.63, 3.8) is 0 Å². The van der Waals surface area contributed by atoms with Crippen molar-refractivity contribution >= 4 is 29.3 Å². The van der Waals surface area contributed by atoms with Gasteiger partial charge in [-0.05, 0) is 36.6 Å². The number of hydrogen-bond donors (Lipinski definition) is 0. The van der Waals surface area contributed by atoms with Gasteiger partial charge < -0.3 is 14.6 Å². The number of anilines is 1. The minimum Gasteiger partial charge on any atom is -0.854 e. The number of fused-ring (bicyclic) bond motifs is 3. The zero-order chi connectivity index (χ0) is 24.4. The highest BCUT2D eigenvalue weighted by Crippen LogP contribution is 2.43. The lowest BCUT2D eigenvalue weighted by Crippen LogP contribution is -2.59. The van der Waals surface area contributed by atoms with Gasteiger partial charge in [0.25, 0.3) is 17.0 Å². The number of carbonyl (C=O) groups is 2. The van der Waals surface area contributed by atoms with E-state index in [1.807, 2.05) is 0 Å². The first-order valence-corrected chi connectivity index (χ1v) is 12.0. The van der Waals surface area contributed by atoms with Crippen molar-refractivity contribution in [1.29, 1.82) is 0 Å². The second-order valence-corrected chi connectivity index (χ2v) is 8.21. The first kappa shape index (κ1) is 23.5. The number of rotatable bonds is 6. The molecule has 0 fully saturated rings. The Hall–Kier alpha value is -3.66. The number of aromatic nitrogens is 3. The zero-order valence-corrected chi connectivity index (χ0v) is 20.1. The monoisotopic (exact) mass is 480 g/mol. The minimum atomic E-state index is -0.909. The van der Waals surface area contributed by atoms with Crippen molar-refractivity contribution in [2.24, 2.45) is 0 Å². The molecule has 2 heterocycles. The lowest BCUT2D eigenvalue weighted by atomic mass is 10.00. The molecule has 0 spiro atoms. The smallest absolute Gasteiger partial charge is 0.310 e. The maximum Gasteiger partial charge on any atom is 0.310 e. The van der Waals surface area contributed by atoms with Crippen molar-refractivity contribution < 1.29 is 28.9 Å². The van der Waals surface area contributed by atoms with Crippen molar-refractivity contribution in [2.45, 2.75) is 38.0 Å². The van der Waals surface area contributed by atoms with Gasteiger partial charge in [-0.25, -0.2) is 9.88 Å². The van der Waals surface area contributed by atoms with Crippen LogP contribution in [0.15, 0.2) is 47.6 Å². The largest absolute Gasteiger partial charge is 0.854 e. The number of methoxy groups -OCH3 is 1. The molecule has 1 aliphatic rings. The summed E-state index contributed by atoms with van der Waals surface area (Å²) in [6.45, 7) is 3.46. The molecule has 1 unspecified atom stereocenters. The molecule has 0 radical (unpaired) electrons. The molecular weight excluding hydrogens is 456 g/mol. The third kappa shape index (κ3) is 4.05. The number of esters is 1. The summed E-state index contributed by atoms with van der Waals surface area (Å²) in [5.74, 6) is -0.338. The number of para-hydroxylation sites is 1. The van der Waals surface area contributed by atoms with E-state index in [1.54, 1.807) is 67.5 Å². The Bertz CT molecular complexity index is 1270. The van der Waals surface area contributed by atoms with E-state index < -0.39 is 18.0 Å². The van der Waals surface area contributed by atoms with E-state index in [0.717, 1.165) is 0 Å². The van der Waals surface area contributed by atoms with E-state index in [1.165, 1.54) is 23.6 Å². The van der Waals surface area contributed by atoms with Gasteiger partial charge in [0, 0.05) is 17.9 Å². The summed E-state index contributed by atoms with van der Waals surface area (Å²) in [5.41, 5.74) is 1.80. The Kier molecular flexibility index (Phi) is 6.69. The molecule has 10 heteroatoms. The Balaban J connectivity index is 2.08. The maximum atomic E-state index is 13.4. The number of thioether (sulfide) groups is 1. The summed E-state index contributed by atoms with van der Waals surface area (Å²) < 4.78 is 12.5. The highest BCUT2D eigenvalue weighted by molar-refractivity contribution is 7.98. The van der Waals surface area contributed by atoms with Gasteiger partial charge in [0.1, 0.15) is 11.5 Å². The van der Waals surface area contributed by atoms with Gasteiger partial charge in [-0.15, -0.1) is 0 Å². The Labute approximate surface area is 201 Å². The van der Waals surface area contributed by atoms with Crippen LogP contribution in [0.1, 0.15) is 38.4 Å². The molecule has 0 saturated heterocycles. The molecular formula is C24H24N4O5S. The molecule has 176 valence electrons. The molecule has 0 bridgehead atoms. The van der Waals surface area contributed by atoms with Crippen LogP contribution in [0.5, 0.6) is 17.4 Å². The first-order chi connectivity index (χ1) is 16.4. The van der Waals surface area contributed by atoms with Crippen LogP contribution in [-0.4, -0.2) is 35.3 Å². The van der Waals surface area contributed by atoms with Gasteiger partial charge >= 0.3 is 5.97 Å². The number of nitrogens with zero attached hydrogens (tertiary/aromatic N) is 4. The SMILES string of the molecule is CCC(=O)Oc1ccc(OC)cc1C1N(C(=O)CC)c2ccccc2-c2c([O-])nc(SC)n[n+]21. The molecule has 1 atom stereocenters. The summed E-state index contributed by atoms with van der Waals surface area (Å²) in [5, 5.41) is 18.0. The standard InChI is InChI=1S/C24H24N4O5S/c1-5-19(29)27-17-10-8-7-9-15(17)21-22(31)25-24(34-4)26-28(21)23(27)16-13-14(32-3)11-12-18(16)33-20(30)6-2/h7-13,23H,5-6H2,1-4H3. The van der Waals surface area contributed by atoms with Crippen molar-refractivity contribution in [2.75, 3.05) is 18.3 Å². The normalized spacial score (nSPS) is 14.2. The molecule has 1 amide bonds. The lowest BCUT2D eigenvalue weighted by molar-refractivity contribution is -0.764. The second-order valence-electron chi connectivity index (χ2n) is 7.44. The van der Waals surface area contributed by atoms with Gasteiger partial charge in [0.2, 0.25) is 5.91 Å². The molecule has 0 aliphatic carbocycles. The van der Waals surface area contributed by atoms with Crippen LogP contribution in [0, 0.1) is 0 Å². The molecule has 9 nitrogen and oxygen atoms in total. The van der Waals surface area contributed by atoms with Gasteiger partial charge in [0.05, 0.1) is 29.8 Å². The Morgan fingerprint density at radius 1 is 1.18 bits per heavy atom. The third-order valence-electron chi connectivity index (χ3n) is 5.48. The van der Waals surface area contributed by atoms with Crippen LogP contribution in [0.2, 0.25) is 0 Å². The van der Waals surface area contributed by atoms with E-state index in [2.05, 4.69) is 10.1 Å². The quantitative estimate of drug-likeness (QED) is 0.229. The molecule has 3 aromatic rings. The van der Waals surface area contributed by atoms with Crippen LogP contribution >= 0.6 is 11.8 Å². The van der Waals surface area contributed by atoms with Crippen molar-refractivity contribution in [3.05, 3.63) is 48.0 Å². The fraction of sp³-hybridized carbons (Fsp3) is 0.292. The summed E-state index contributed by atoms with van der Waals surface area (Å²) in [7, 11) is 1.52. The van der Waals surface area contributed by atoms with E-state index in [-0.39, 0.29) is 35.3 Å². The molecule has 2 aromatic carbocycles. The molecule has 0 N–H and O–H groups in total. The summed E-state index contributed by atoms with van der Waals surface area (Å²) in [4.78, 5) is 31.3. The average molecular weight is 481 g/mol. The van der Waals surface area contributed by atoms with Crippen LogP contribution < -0.4 is 24.2 Å². The molecule has 34 heavy (non-hydrogen) atoms. The van der Waals surface area contributed by atoms with Crippen molar-refractivity contribution in [1.82, 2.24) is 10.1 Å². The van der Waals surface area contributed by atoms with Crippen LogP contribution in [0.3, 0.4) is 0 Å². The summed E-state index contributed by atoms with van der Waals surface area (Å²) >= 11 is 1.22. The first-order valence-electron chi connectivity index (χ1n) is 10.8. The molecule has 1 aliphatic heterocycles. The van der Waals surface area contributed by atoms with Gasteiger partial charge in [-0.2, -0.15) is 0 Å². The molecule has 1 aromatic heterocycles. The van der Waals surface area contributed by atoms with E-state index in [9.17, 15) is 14.7 Å². The fourth-order valence-corrected chi connectivity index (χ4v) is 4.23. The number of benzene rings is 2. The van der Waals surface area contributed by atoms with Gasteiger partial charge in [0.15, 0.2) is 0 Å². The third-order valence-corrected chi connectivity index (χ3v) is 6.02. The highest BCUT2D eigenvalue weighted by Gasteiger charge is 2.46. The zero-order valence-electron chi connectivity index (χ0n) is 19.3. The van der Waals surface area contributed by atoms with Crippen LogP contribution in [0.4, 0.5) is 5.69 Å². The van der Waals surface area contributed by atoms with E-state index >= 15 is 0 Å². The van der Waals surface area contributed by atoms with Crippen LogP contribution in [0.25, 0.3) is 11.3 Å². The fourth-order valence-electron chi connectivity index (χ4n) is 3.88. The molecule has 4 rings (SSSR count). The maximum absolute atomic E-state index is 13.4. The minimum absolute atomic E-state index is 0.170. The summed E-state index contributed by atoms with van der Waals surface area (Å²) in [6.07, 6.45) is 1.24. The average Bonchev–Trinajstić information content (AvgIpc) is 2.87. The Morgan fingerprint density at radius 3 is 2.62 bits per heavy atom. The number of amides is 1. The van der Waals surface area contributed by atoms with E-state index in [4.69, 9.17) is 9.47 Å². The highest BCUT2D eigenvalue weighted by atomic mass is 32.2. The number of hydrogen-bond acceptors (Lipinski definition) is 8. The number of ether oxygens (including phenoxy) is 2. The van der Waals surface area contributed by atoms with Gasteiger partial charge in [-0.1, -0.05) is 42.4 Å². The topological polar surface area (TPSA) is 109 Å². The van der Waals surface area contributed by atoms with Crippen molar-refractivity contribution in [3.8, 4) is 28.6 Å². The number of carbonyl (C=O) groups excluding carboxylic acids is 2. The second kappa shape index (κ2) is 9.68. The van der Waals surface area contributed by atoms with Crippen LogP contribution in [-0.2, 0) is 9.59 Å². The predicted molar refractivity (Wildman–Crippen MR) is 124 cm³/mol. The predicted octanol–water partition coefficient (Wildman–Crippen LogP) is 2.85.